The topological polar surface area (TPSA) is 71.6 Å². The van der Waals surface area contributed by atoms with Crippen molar-refractivity contribution in [3.05, 3.63) is 12.1 Å². The molecule has 0 aliphatic rings. The maximum atomic E-state index is 8.77. The second kappa shape index (κ2) is 7.33. The zero-order valence-corrected chi connectivity index (χ0v) is 13.0. The predicted octanol–water partition coefficient (Wildman–Crippen LogP) is 2.44. The van der Waals surface area contributed by atoms with Crippen molar-refractivity contribution >= 4 is 11.5 Å². The van der Waals surface area contributed by atoms with E-state index in [-0.39, 0.29) is 12.2 Å². The van der Waals surface area contributed by atoms with Gasteiger partial charge in [-0.2, -0.15) is 4.98 Å². The third-order valence-corrected chi connectivity index (χ3v) is 2.82. The van der Waals surface area contributed by atoms with Crippen molar-refractivity contribution in [1.29, 1.82) is 0 Å². The van der Waals surface area contributed by atoms with Crippen molar-refractivity contribution in [3.8, 4) is 5.88 Å². The van der Waals surface area contributed by atoms with Crippen LogP contribution in [0.2, 0.25) is 0 Å². The highest BCUT2D eigenvalue weighted by Gasteiger charge is 2.16. The molecular weight excluding hydrogens is 254 g/mol. The van der Waals surface area contributed by atoms with Crippen LogP contribution in [0.3, 0.4) is 0 Å². The normalized spacial score (nSPS) is 11.4. The molecule has 0 amide bonds. The van der Waals surface area contributed by atoms with Crippen LogP contribution in [0.4, 0.5) is 11.5 Å². The Balaban J connectivity index is 2.68. The largest absolute Gasteiger partial charge is 0.470 e. The van der Waals surface area contributed by atoms with Crippen LogP contribution in [0.15, 0.2) is 12.1 Å². The molecule has 1 aromatic heterocycles. The molecule has 20 heavy (non-hydrogen) atoms. The first-order valence-corrected chi connectivity index (χ1v) is 7.11. The molecule has 0 atom stereocenters. The number of nitrogens with zero attached hydrogens (tertiary/aromatic N) is 2. The number of nitrogen functional groups attached to an aromatic ring is 1. The van der Waals surface area contributed by atoms with Crippen LogP contribution in [0.25, 0.3) is 0 Å². The molecule has 0 bridgehead atoms. The molecule has 0 fully saturated rings. The average molecular weight is 281 g/mol. The average Bonchev–Trinajstić information content (AvgIpc) is 2.35. The summed E-state index contributed by atoms with van der Waals surface area (Å²) in [5.41, 5.74) is 6.14. The zero-order chi connectivity index (χ0) is 15.2. The summed E-state index contributed by atoms with van der Waals surface area (Å²) in [6.45, 7) is 7.07. The van der Waals surface area contributed by atoms with Gasteiger partial charge in [0.15, 0.2) is 0 Å². The third kappa shape index (κ3) is 5.65. The number of aliphatic hydroxyl groups excluding tert-OH is 1. The lowest BCUT2D eigenvalue weighted by atomic mass is 10.2. The van der Waals surface area contributed by atoms with Crippen molar-refractivity contribution in [3.63, 3.8) is 0 Å². The highest BCUT2D eigenvalue weighted by Crippen LogP contribution is 2.26. The number of rotatable bonds is 7. The molecule has 5 nitrogen and oxygen atoms in total. The standard InChI is InChI=1S/C15H27N3O2/c1-15(2,3)20-14-12(16)8-9-13(17-14)18(4)10-6-5-7-11-19/h8-9,19H,5-7,10-11,16H2,1-4H3. The first-order valence-electron chi connectivity index (χ1n) is 7.11. The summed E-state index contributed by atoms with van der Waals surface area (Å²) in [5.74, 6) is 1.33. The molecule has 0 aliphatic carbocycles. The van der Waals surface area contributed by atoms with Crippen LogP contribution >= 0.6 is 0 Å². The Morgan fingerprint density at radius 3 is 2.55 bits per heavy atom. The Morgan fingerprint density at radius 1 is 1.25 bits per heavy atom. The van der Waals surface area contributed by atoms with Crippen molar-refractivity contribution in [1.82, 2.24) is 4.98 Å². The summed E-state index contributed by atoms with van der Waals surface area (Å²) in [7, 11) is 2.00. The van der Waals surface area contributed by atoms with Crippen molar-refractivity contribution in [2.45, 2.75) is 45.6 Å². The maximum Gasteiger partial charge on any atom is 0.239 e. The van der Waals surface area contributed by atoms with Gasteiger partial charge in [0, 0.05) is 20.2 Å². The van der Waals surface area contributed by atoms with E-state index in [1.165, 1.54) is 0 Å². The SMILES string of the molecule is CN(CCCCCO)c1ccc(N)c(OC(C)(C)C)n1. The Kier molecular flexibility index (Phi) is 6.07. The van der Waals surface area contributed by atoms with Gasteiger partial charge in [-0.25, -0.2) is 0 Å². The molecule has 0 unspecified atom stereocenters. The minimum absolute atomic E-state index is 0.257. The molecule has 0 spiro atoms. The highest BCUT2D eigenvalue weighted by atomic mass is 16.5. The third-order valence-electron chi connectivity index (χ3n) is 2.82. The Morgan fingerprint density at radius 2 is 1.95 bits per heavy atom. The van der Waals surface area contributed by atoms with Crippen LogP contribution in [0.1, 0.15) is 40.0 Å². The van der Waals surface area contributed by atoms with Crippen LogP contribution in [-0.4, -0.2) is 35.9 Å². The summed E-state index contributed by atoms with van der Waals surface area (Å²) in [4.78, 5) is 6.56. The number of pyridine rings is 1. The Hall–Kier alpha value is -1.49. The summed E-state index contributed by atoms with van der Waals surface area (Å²) >= 11 is 0. The van der Waals surface area contributed by atoms with Crippen LogP contribution in [-0.2, 0) is 0 Å². The Labute approximate surface area is 121 Å². The number of ether oxygens (including phenoxy) is 1. The molecule has 1 rings (SSSR count). The van der Waals surface area contributed by atoms with E-state index in [0.717, 1.165) is 31.6 Å². The molecule has 0 aliphatic heterocycles. The van der Waals surface area contributed by atoms with E-state index in [1.807, 2.05) is 40.0 Å². The van der Waals surface area contributed by atoms with Gasteiger partial charge in [0.25, 0.3) is 0 Å². The van der Waals surface area contributed by atoms with Gasteiger partial charge in [0.1, 0.15) is 11.4 Å². The minimum atomic E-state index is -0.320. The lowest BCUT2D eigenvalue weighted by molar-refractivity contribution is 0.125. The molecule has 0 saturated carbocycles. The van der Waals surface area contributed by atoms with Gasteiger partial charge in [-0.1, -0.05) is 0 Å². The molecular formula is C15H27N3O2. The number of aliphatic hydroxyl groups is 1. The van der Waals surface area contributed by atoms with E-state index >= 15 is 0 Å². The van der Waals surface area contributed by atoms with E-state index < -0.39 is 0 Å². The molecule has 1 heterocycles. The van der Waals surface area contributed by atoms with Gasteiger partial charge < -0.3 is 20.5 Å². The van der Waals surface area contributed by atoms with Gasteiger partial charge >= 0.3 is 0 Å². The molecule has 1 aromatic rings. The predicted molar refractivity (Wildman–Crippen MR) is 83.2 cm³/mol. The van der Waals surface area contributed by atoms with Gasteiger partial charge in [-0.05, 0) is 52.2 Å². The summed E-state index contributed by atoms with van der Waals surface area (Å²) in [5, 5.41) is 8.77. The molecule has 114 valence electrons. The molecule has 5 heteroatoms. The van der Waals surface area contributed by atoms with Gasteiger partial charge in [-0.3, -0.25) is 0 Å². The number of hydrogen-bond acceptors (Lipinski definition) is 5. The van der Waals surface area contributed by atoms with Crippen molar-refractivity contribution < 1.29 is 9.84 Å². The summed E-state index contributed by atoms with van der Waals surface area (Å²) in [6.07, 6.45) is 2.89. The Bertz CT molecular complexity index is 416. The van der Waals surface area contributed by atoms with Crippen LogP contribution in [0, 0.1) is 0 Å². The second-order valence-electron chi connectivity index (χ2n) is 5.98. The van der Waals surface area contributed by atoms with Crippen molar-refractivity contribution in [2.24, 2.45) is 0 Å². The van der Waals surface area contributed by atoms with E-state index in [2.05, 4.69) is 9.88 Å². The van der Waals surface area contributed by atoms with E-state index in [9.17, 15) is 0 Å². The lowest BCUT2D eigenvalue weighted by Gasteiger charge is -2.24. The summed E-state index contributed by atoms with van der Waals surface area (Å²) < 4.78 is 5.77. The van der Waals surface area contributed by atoms with Crippen LogP contribution < -0.4 is 15.4 Å². The van der Waals surface area contributed by atoms with Gasteiger partial charge in [0.05, 0.1) is 5.69 Å². The van der Waals surface area contributed by atoms with Crippen molar-refractivity contribution in [2.75, 3.05) is 30.8 Å². The molecule has 0 saturated heterocycles. The van der Waals surface area contributed by atoms with E-state index in [1.54, 1.807) is 0 Å². The fourth-order valence-electron chi connectivity index (χ4n) is 1.78. The first-order chi connectivity index (χ1) is 9.33. The minimum Gasteiger partial charge on any atom is -0.470 e. The number of hydrogen-bond donors (Lipinski definition) is 2. The highest BCUT2D eigenvalue weighted by molar-refractivity contribution is 5.54. The number of unbranched alkanes of at least 4 members (excludes halogenated alkanes) is 2. The fraction of sp³-hybridized carbons (Fsp3) is 0.667. The van der Waals surface area contributed by atoms with E-state index in [4.69, 9.17) is 15.6 Å². The zero-order valence-electron chi connectivity index (χ0n) is 13.0. The monoisotopic (exact) mass is 281 g/mol. The molecule has 0 aromatic carbocycles. The molecule has 0 radical (unpaired) electrons. The number of aromatic nitrogens is 1. The van der Waals surface area contributed by atoms with E-state index in [0.29, 0.717) is 11.6 Å². The van der Waals surface area contributed by atoms with Gasteiger partial charge in [0.2, 0.25) is 5.88 Å². The smallest absolute Gasteiger partial charge is 0.239 e. The second-order valence-corrected chi connectivity index (χ2v) is 5.98. The fourth-order valence-corrected chi connectivity index (χ4v) is 1.78. The number of nitrogens with two attached hydrogens (primary N) is 1. The lowest BCUT2D eigenvalue weighted by Crippen LogP contribution is -2.25. The number of anilines is 2. The van der Waals surface area contributed by atoms with Crippen LogP contribution in [0.5, 0.6) is 5.88 Å². The molecule has 3 N–H and O–H groups in total. The summed E-state index contributed by atoms with van der Waals surface area (Å²) in [6, 6.07) is 3.73. The maximum absolute atomic E-state index is 8.77. The quantitative estimate of drug-likeness (QED) is 0.751. The van der Waals surface area contributed by atoms with Gasteiger partial charge in [-0.15, -0.1) is 0 Å². The first kappa shape index (κ1) is 16.6.